The summed E-state index contributed by atoms with van der Waals surface area (Å²) in [7, 11) is 0. The number of rotatable bonds is 5. The topological polar surface area (TPSA) is 17.8 Å². The molecule has 1 aromatic carbocycles. The summed E-state index contributed by atoms with van der Waals surface area (Å²) >= 11 is 5.19. The van der Waals surface area contributed by atoms with Crippen LogP contribution >= 0.6 is 35.3 Å². The van der Waals surface area contributed by atoms with E-state index in [2.05, 4.69) is 58.7 Å². The number of imidazole rings is 1. The van der Waals surface area contributed by atoms with E-state index < -0.39 is 0 Å². The van der Waals surface area contributed by atoms with E-state index in [0.717, 1.165) is 16.7 Å². The van der Waals surface area contributed by atoms with Gasteiger partial charge >= 0.3 is 0 Å². The Kier molecular flexibility index (Phi) is 5.09. The second-order valence-electron chi connectivity index (χ2n) is 3.69. The van der Waals surface area contributed by atoms with Gasteiger partial charge in [0.15, 0.2) is 5.16 Å². The third kappa shape index (κ3) is 2.90. The van der Waals surface area contributed by atoms with E-state index >= 15 is 0 Å². The highest BCUT2D eigenvalue weighted by Crippen LogP contribution is 2.32. The second-order valence-corrected chi connectivity index (χ2v) is 6.05. The van der Waals surface area contributed by atoms with Gasteiger partial charge in [-0.2, -0.15) is 0 Å². The first kappa shape index (κ1) is 13.9. The molecule has 0 bridgehead atoms. The van der Waals surface area contributed by atoms with E-state index in [1.54, 1.807) is 35.3 Å². The highest BCUT2D eigenvalue weighted by Gasteiger charge is 2.15. The van der Waals surface area contributed by atoms with E-state index in [0.29, 0.717) is 0 Å². The average molecular weight is 296 g/mol. The predicted molar refractivity (Wildman–Crippen MR) is 83.1 cm³/mol. The Labute approximate surface area is 121 Å². The van der Waals surface area contributed by atoms with Crippen LogP contribution in [0.1, 0.15) is 5.56 Å². The highest BCUT2D eigenvalue weighted by molar-refractivity contribution is 8.01. The number of hydrogen-bond acceptors (Lipinski definition) is 4. The third-order valence-electron chi connectivity index (χ3n) is 2.61. The molecule has 96 valence electrons. The molecule has 5 heteroatoms. The van der Waals surface area contributed by atoms with Crippen molar-refractivity contribution in [1.29, 1.82) is 0 Å². The Morgan fingerprint density at radius 1 is 1.00 bits per heavy atom. The van der Waals surface area contributed by atoms with Gasteiger partial charge in [-0.25, -0.2) is 4.98 Å². The van der Waals surface area contributed by atoms with Gasteiger partial charge in [-0.3, -0.25) is 0 Å². The van der Waals surface area contributed by atoms with E-state index in [1.807, 2.05) is 0 Å². The summed E-state index contributed by atoms with van der Waals surface area (Å²) in [6, 6.07) is 10.5. The van der Waals surface area contributed by atoms with Gasteiger partial charge in [-0.15, -0.1) is 23.5 Å². The molecule has 0 N–H and O–H groups in total. The van der Waals surface area contributed by atoms with Crippen LogP contribution in [0.2, 0.25) is 0 Å². The molecular formula is C13H16N2S3. The molecule has 2 aromatic rings. The van der Waals surface area contributed by atoms with Crippen molar-refractivity contribution in [3.63, 3.8) is 0 Å². The van der Waals surface area contributed by atoms with Crippen molar-refractivity contribution >= 4 is 35.3 Å². The number of nitrogens with zero attached hydrogens (tertiary/aromatic N) is 2. The molecule has 0 saturated carbocycles. The smallest absolute Gasteiger partial charge is 0.170 e. The molecular weight excluding hydrogens is 280 g/mol. The van der Waals surface area contributed by atoms with Gasteiger partial charge in [0.1, 0.15) is 10.1 Å². The summed E-state index contributed by atoms with van der Waals surface area (Å²) in [5.74, 6) is 0. The summed E-state index contributed by atoms with van der Waals surface area (Å²) in [6.45, 7) is 0.890. The first-order valence-electron chi connectivity index (χ1n) is 5.56. The van der Waals surface area contributed by atoms with Crippen LogP contribution in [0.5, 0.6) is 0 Å². The molecule has 0 unspecified atom stereocenters. The maximum absolute atomic E-state index is 4.68. The highest BCUT2D eigenvalue weighted by atomic mass is 32.2. The normalized spacial score (nSPS) is 10.8. The summed E-state index contributed by atoms with van der Waals surface area (Å²) in [6.07, 6.45) is 6.28. The first-order valence-corrected chi connectivity index (χ1v) is 9.24. The third-order valence-corrected chi connectivity index (χ3v) is 4.89. The standard InChI is InChI=1S/C13H16N2S3/c1-16-11-12(17-2)15(13(14-11)18-3)9-10-7-5-4-6-8-10/h4-8H,9H2,1-3H3. The maximum atomic E-state index is 4.68. The number of aromatic nitrogens is 2. The molecule has 1 heterocycles. The van der Waals surface area contributed by atoms with E-state index in [-0.39, 0.29) is 0 Å². The van der Waals surface area contributed by atoms with Crippen LogP contribution in [0.15, 0.2) is 45.5 Å². The zero-order valence-electron chi connectivity index (χ0n) is 10.7. The molecule has 0 aliphatic carbocycles. The van der Waals surface area contributed by atoms with Crippen LogP contribution in [-0.4, -0.2) is 28.3 Å². The van der Waals surface area contributed by atoms with E-state index in [9.17, 15) is 0 Å². The maximum Gasteiger partial charge on any atom is 0.170 e. The molecule has 1 aromatic heterocycles. The van der Waals surface area contributed by atoms with Crippen molar-refractivity contribution in [3.05, 3.63) is 35.9 Å². The van der Waals surface area contributed by atoms with Gasteiger partial charge in [0.05, 0.1) is 6.54 Å². The number of thioether (sulfide) groups is 3. The minimum Gasteiger partial charge on any atom is -0.309 e. The van der Waals surface area contributed by atoms with Crippen LogP contribution in [0.4, 0.5) is 0 Å². The lowest BCUT2D eigenvalue weighted by atomic mass is 10.2. The molecule has 0 fully saturated rings. The monoisotopic (exact) mass is 296 g/mol. The van der Waals surface area contributed by atoms with Gasteiger partial charge in [0.2, 0.25) is 0 Å². The minimum absolute atomic E-state index is 0.890. The lowest BCUT2D eigenvalue weighted by Crippen LogP contribution is -2.02. The molecule has 0 atom stereocenters. The Hall–Kier alpha value is -0.520. The zero-order valence-corrected chi connectivity index (χ0v) is 13.2. The first-order chi connectivity index (χ1) is 8.80. The molecule has 2 rings (SSSR count). The Balaban J connectivity index is 2.39. The van der Waals surface area contributed by atoms with Crippen LogP contribution < -0.4 is 0 Å². The van der Waals surface area contributed by atoms with Gasteiger partial charge in [0.25, 0.3) is 0 Å². The molecule has 2 nitrogen and oxygen atoms in total. The molecule has 0 radical (unpaired) electrons. The van der Waals surface area contributed by atoms with Gasteiger partial charge in [-0.1, -0.05) is 42.1 Å². The predicted octanol–water partition coefficient (Wildman–Crippen LogP) is 4.10. The van der Waals surface area contributed by atoms with Crippen molar-refractivity contribution in [2.24, 2.45) is 0 Å². The summed E-state index contributed by atoms with van der Waals surface area (Å²) < 4.78 is 2.30. The molecule has 0 aliphatic heterocycles. The second kappa shape index (κ2) is 6.59. The van der Waals surface area contributed by atoms with Crippen molar-refractivity contribution in [2.45, 2.75) is 21.8 Å². The van der Waals surface area contributed by atoms with Gasteiger partial charge in [-0.05, 0) is 24.3 Å². The Morgan fingerprint density at radius 2 is 1.72 bits per heavy atom. The van der Waals surface area contributed by atoms with Crippen molar-refractivity contribution < 1.29 is 0 Å². The fourth-order valence-corrected chi connectivity index (χ4v) is 4.02. The van der Waals surface area contributed by atoms with E-state index in [4.69, 9.17) is 0 Å². The zero-order chi connectivity index (χ0) is 13.0. The lowest BCUT2D eigenvalue weighted by Gasteiger charge is -2.09. The van der Waals surface area contributed by atoms with Crippen LogP contribution in [0, 0.1) is 0 Å². The quantitative estimate of drug-likeness (QED) is 0.773. The van der Waals surface area contributed by atoms with Crippen molar-refractivity contribution in [1.82, 2.24) is 9.55 Å². The molecule has 0 saturated heterocycles. The van der Waals surface area contributed by atoms with E-state index in [1.165, 1.54) is 10.6 Å². The number of hydrogen-bond donors (Lipinski definition) is 0. The van der Waals surface area contributed by atoms with Gasteiger partial charge < -0.3 is 4.57 Å². The van der Waals surface area contributed by atoms with Gasteiger partial charge in [0, 0.05) is 0 Å². The van der Waals surface area contributed by atoms with Crippen molar-refractivity contribution in [3.8, 4) is 0 Å². The Morgan fingerprint density at radius 3 is 2.28 bits per heavy atom. The van der Waals surface area contributed by atoms with Crippen molar-refractivity contribution in [2.75, 3.05) is 18.8 Å². The fraction of sp³-hybridized carbons (Fsp3) is 0.308. The Bertz CT molecular complexity index is 508. The summed E-state index contributed by atoms with van der Waals surface area (Å²) in [5.41, 5.74) is 1.31. The fourth-order valence-electron chi connectivity index (χ4n) is 1.79. The molecule has 18 heavy (non-hydrogen) atoms. The van der Waals surface area contributed by atoms with Crippen LogP contribution in [-0.2, 0) is 6.54 Å². The SMILES string of the molecule is CSc1nc(SC)n(Cc2ccccc2)c1SC. The largest absolute Gasteiger partial charge is 0.309 e. The summed E-state index contributed by atoms with van der Waals surface area (Å²) in [4.78, 5) is 4.68. The van der Waals surface area contributed by atoms with Crippen LogP contribution in [0.3, 0.4) is 0 Å². The lowest BCUT2D eigenvalue weighted by molar-refractivity contribution is 0.654. The van der Waals surface area contributed by atoms with Crippen LogP contribution in [0.25, 0.3) is 0 Å². The molecule has 0 spiro atoms. The number of benzene rings is 1. The molecule has 0 amide bonds. The molecule has 0 aliphatic rings. The summed E-state index contributed by atoms with van der Waals surface area (Å²) in [5, 5.41) is 3.48. The minimum atomic E-state index is 0.890. The average Bonchev–Trinajstić information content (AvgIpc) is 2.77.